The zero-order chi connectivity index (χ0) is 16.6. The van der Waals surface area contributed by atoms with Crippen molar-refractivity contribution >= 4 is 23.5 Å². The van der Waals surface area contributed by atoms with Crippen molar-refractivity contribution in [1.29, 1.82) is 0 Å². The van der Waals surface area contributed by atoms with Crippen molar-refractivity contribution in [1.82, 2.24) is 0 Å². The molecule has 0 unspecified atom stereocenters. The number of carboxylic acid groups (broad SMARTS) is 1. The van der Waals surface area contributed by atoms with Crippen LogP contribution in [0.4, 0.5) is 5.69 Å². The number of amides is 2. The molecule has 2 aliphatic rings. The highest BCUT2D eigenvalue weighted by Crippen LogP contribution is 2.23. The minimum atomic E-state index is -1.28. The van der Waals surface area contributed by atoms with Gasteiger partial charge in [-0.2, -0.15) is 0 Å². The van der Waals surface area contributed by atoms with E-state index in [0.717, 1.165) is 25.9 Å². The Balaban J connectivity index is 1.77. The summed E-state index contributed by atoms with van der Waals surface area (Å²) in [5.41, 5.74) is 0.456. The molecule has 0 saturated carbocycles. The van der Waals surface area contributed by atoms with Crippen LogP contribution in [0.5, 0.6) is 0 Å². The Hall–Kier alpha value is -2.21. The quantitative estimate of drug-likeness (QED) is 0.725. The molecule has 3 rings (SSSR count). The van der Waals surface area contributed by atoms with Gasteiger partial charge in [0.2, 0.25) is 5.91 Å². The van der Waals surface area contributed by atoms with E-state index in [4.69, 9.17) is 0 Å². The maximum atomic E-state index is 12.7. The molecular weight excluding hydrogens is 296 g/mol. The molecule has 1 atom stereocenters. The summed E-state index contributed by atoms with van der Waals surface area (Å²) in [6.07, 6.45) is 2.38. The zero-order valence-electron chi connectivity index (χ0n) is 13.1. The Labute approximate surface area is 134 Å². The third kappa shape index (κ3) is 2.99. The van der Waals surface area contributed by atoms with Gasteiger partial charge in [0.15, 0.2) is 6.04 Å². The van der Waals surface area contributed by atoms with Crippen LogP contribution in [0.1, 0.15) is 36.5 Å². The van der Waals surface area contributed by atoms with Gasteiger partial charge in [-0.25, -0.2) is 4.90 Å². The van der Waals surface area contributed by atoms with E-state index in [1.807, 2.05) is 0 Å². The third-order valence-electron chi connectivity index (χ3n) is 4.92. The number of likely N-dealkylation sites (tertiary alicyclic amines) is 1. The van der Waals surface area contributed by atoms with Gasteiger partial charge in [0, 0.05) is 0 Å². The summed E-state index contributed by atoms with van der Waals surface area (Å²) in [7, 11) is 0. The fraction of sp³-hybridized carbons (Fsp3) is 0.471. The topological polar surface area (TPSA) is 81.9 Å². The van der Waals surface area contributed by atoms with Crippen molar-refractivity contribution in [3.05, 3.63) is 29.8 Å². The molecule has 0 bridgehead atoms. The molecule has 2 aliphatic heterocycles. The standard InChI is InChI=1S/C17H20N2O4/c1-11-6-8-18(9-7-11)14-10-15(20)19(16(14)21)13-4-2-12(3-5-13)17(22)23/h2-5,11,14H,6-10H2,1H3,(H,22,23)/t14-/m0/s1. The summed E-state index contributed by atoms with van der Waals surface area (Å²) in [4.78, 5) is 38.1. The zero-order valence-corrected chi connectivity index (χ0v) is 13.1. The maximum absolute atomic E-state index is 12.7. The molecule has 0 aliphatic carbocycles. The lowest BCUT2D eigenvalue weighted by Gasteiger charge is -2.30. The average molecular weight is 316 g/mol. The number of carboxylic acids is 1. The second kappa shape index (κ2) is 6.12. The summed E-state index contributed by atoms with van der Waals surface area (Å²) in [6.45, 7) is 4.05. The Morgan fingerprint density at radius 3 is 2.35 bits per heavy atom. The van der Waals surface area contributed by atoms with Gasteiger partial charge in [0.05, 0.1) is 31.2 Å². The molecule has 2 heterocycles. The molecule has 0 spiro atoms. The first-order chi connectivity index (χ1) is 11.0. The van der Waals surface area contributed by atoms with Crippen LogP contribution in [-0.4, -0.2) is 36.9 Å². The van der Waals surface area contributed by atoms with E-state index in [0.29, 0.717) is 11.6 Å². The molecule has 6 nitrogen and oxygen atoms in total. The third-order valence-corrected chi connectivity index (χ3v) is 4.92. The normalized spacial score (nSPS) is 28.2. The summed E-state index contributed by atoms with van der Waals surface area (Å²) >= 11 is 0. The maximum Gasteiger partial charge on any atom is 0.292 e. The number of aromatic carboxylic acids is 1. The lowest BCUT2D eigenvalue weighted by Crippen LogP contribution is -3.17. The lowest BCUT2D eigenvalue weighted by molar-refractivity contribution is -0.920. The van der Waals surface area contributed by atoms with Gasteiger partial charge in [0.25, 0.3) is 5.91 Å². The smallest absolute Gasteiger partial charge is 0.292 e. The number of hydrogen-bond donors (Lipinski definition) is 1. The molecular formula is C17H20N2O4. The Kier molecular flexibility index (Phi) is 4.17. The number of nitrogens with one attached hydrogen (secondary N) is 1. The van der Waals surface area contributed by atoms with Crippen LogP contribution in [0.3, 0.4) is 0 Å². The number of benzene rings is 1. The van der Waals surface area contributed by atoms with Gasteiger partial charge in [-0.15, -0.1) is 0 Å². The van der Waals surface area contributed by atoms with Crippen molar-refractivity contribution in [3.63, 3.8) is 0 Å². The highest BCUT2D eigenvalue weighted by atomic mass is 16.4. The van der Waals surface area contributed by atoms with Crippen molar-refractivity contribution in [2.75, 3.05) is 18.0 Å². The summed E-state index contributed by atoms with van der Waals surface area (Å²) in [6, 6.07) is 5.37. The van der Waals surface area contributed by atoms with E-state index in [9.17, 15) is 19.5 Å². The highest BCUT2D eigenvalue weighted by Gasteiger charge is 2.46. The number of piperidine rings is 1. The molecule has 1 aromatic rings. The summed E-state index contributed by atoms with van der Waals surface area (Å²) < 4.78 is 0. The Bertz CT molecular complexity index is 632. The van der Waals surface area contributed by atoms with E-state index in [1.54, 1.807) is 0 Å². The first-order valence-electron chi connectivity index (χ1n) is 8.00. The van der Waals surface area contributed by atoms with Crippen LogP contribution in [0.15, 0.2) is 24.3 Å². The minimum Gasteiger partial charge on any atom is -0.545 e. The van der Waals surface area contributed by atoms with E-state index in [1.165, 1.54) is 34.1 Å². The second-order valence-electron chi connectivity index (χ2n) is 6.50. The number of carbonyl (C=O) groups excluding carboxylic acids is 3. The number of nitrogens with zero attached hydrogens (tertiary/aromatic N) is 1. The predicted molar refractivity (Wildman–Crippen MR) is 80.8 cm³/mol. The fourth-order valence-electron chi connectivity index (χ4n) is 3.45. The van der Waals surface area contributed by atoms with Crippen LogP contribution >= 0.6 is 0 Å². The molecule has 1 N–H and O–H groups in total. The lowest BCUT2D eigenvalue weighted by atomic mass is 9.97. The van der Waals surface area contributed by atoms with Crippen LogP contribution in [-0.2, 0) is 9.59 Å². The molecule has 0 aromatic heterocycles. The predicted octanol–water partition coefficient (Wildman–Crippen LogP) is -1.00. The van der Waals surface area contributed by atoms with Crippen LogP contribution in [0.25, 0.3) is 0 Å². The molecule has 2 fully saturated rings. The molecule has 0 radical (unpaired) electrons. The van der Waals surface area contributed by atoms with Crippen LogP contribution in [0, 0.1) is 5.92 Å². The average Bonchev–Trinajstić information content (AvgIpc) is 2.83. The Morgan fingerprint density at radius 2 is 1.78 bits per heavy atom. The van der Waals surface area contributed by atoms with Crippen LogP contribution in [0.2, 0.25) is 0 Å². The first kappa shape index (κ1) is 15.7. The number of imide groups is 1. The van der Waals surface area contributed by atoms with Crippen molar-refractivity contribution in [2.45, 2.75) is 32.2 Å². The second-order valence-corrected chi connectivity index (χ2v) is 6.50. The number of rotatable bonds is 3. The highest BCUT2D eigenvalue weighted by molar-refractivity contribution is 6.21. The SMILES string of the molecule is CC1CC[NH+]([C@H]2CC(=O)N(c3ccc(C(=O)[O-])cc3)C2=O)CC1. The molecule has 2 saturated heterocycles. The van der Waals surface area contributed by atoms with Crippen molar-refractivity contribution < 1.29 is 24.4 Å². The molecule has 122 valence electrons. The van der Waals surface area contributed by atoms with Gasteiger partial charge in [0.1, 0.15) is 0 Å². The molecule has 1 aromatic carbocycles. The van der Waals surface area contributed by atoms with E-state index in [2.05, 4.69) is 6.92 Å². The fourth-order valence-corrected chi connectivity index (χ4v) is 3.45. The summed E-state index contributed by atoms with van der Waals surface area (Å²) in [5, 5.41) is 10.8. The molecule has 23 heavy (non-hydrogen) atoms. The summed E-state index contributed by atoms with van der Waals surface area (Å²) in [5.74, 6) is -0.993. The minimum absolute atomic E-state index is 0.0278. The molecule has 2 amide bonds. The Morgan fingerprint density at radius 1 is 1.17 bits per heavy atom. The number of quaternary nitrogens is 1. The first-order valence-corrected chi connectivity index (χ1v) is 8.00. The largest absolute Gasteiger partial charge is 0.545 e. The number of carbonyl (C=O) groups is 3. The van der Waals surface area contributed by atoms with Crippen LogP contribution < -0.4 is 14.9 Å². The van der Waals surface area contributed by atoms with Gasteiger partial charge >= 0.3 is 0 Å². The van der Waals surface area contributed by atoms with Crippen molar-refractivity contribution in [2.24, 2.45) is 5.92 Å². The van der Waals surface area contributed by atoms with E-state index < -0.39 is 5.97 Å². The van der Waals surface area contributed by atoms with Crippen molar-refractivity contribution in [3.8, 4) is 0 Å². The van der Waals surface area contributed by atoms with Gasteiger partial charge in [-0.1, -0.05) is 19.1 Å². The number of anilines is 1. The van der Waals surface area contributed by atoms with E-state index >= 15 is 0 Å². The monoisotopic (exact) mass is 316 g/mol. The van der Waals surface area contributed by atoms with Gasteiger partial charge < -0.3 is 14.8 Å². The van der Waals surface area contributed by atoms with Gasteiger partial charge in [-0.3, -0.25) is 9.59 Å². The van der Waals surface area contributed by atoms with E-state index in [-0.39, 0.29) is 29.8 Å². The van der Waals surface area contributed by atoms with Gasteiger partial charge in [-0.05, 0) is 36.5 Å². The number of hydrogen-bond acceptors (Lipinski definition) is 4. The molecule has 6 heteroatoms.